The molecule has 45 heavy (non-hydrogen) atoms. The molecule has 0 fully saturated rings. The van der Waals surface area contributed by atoms with E-state index >= 15 is 0 Å². The van der Waals surface area contributed by atoms with Gasteiger partial charge in [0.2, 0.25) is 11.8 Å². The van der Waals surface area contributed by atoms with Gasteiger partial charge >= 0.3 is 0 Å². The van der Waals surface area contributed by atoms with E-state index in [0.29, 0.717) is 5.56 Å². The minimum atomic E-state index is -4.41. The van der Waals surface area contributed by atoms with Gasteiger partial charge in [0.15, 0.2) is 0 Å². The van der Waals surface area contributed by atoms with E-state index in [0.717, 1.165) is 15.9 Å². The molecule has 10 nitrogen and oxygen atoms in total. The highest BCUT2D eigenvalue weighted by atomic mass is 32.2. The number of rotatable bonds is 13. The minimum Gasteiger partial charge on any atom is -0.352 e. The van der Waals surface area contributed by atoms with Crippen molar-refractivity contribution in [1.82, 2.24) is 10.2 Å². The molecule has 1 atom stereocenters. The lowest BCUT2D eigenvalue weighted by atomic mass is 10.0. The number of sulfonamides is 1. The first-order valence-corrected chi connectivity index (χ1v) is 15.6. The number of nitro benzene ring substituents is 1. The summed E-state index contributed by atoms with van der Waals surface area (Å²) in [6.45, 7) is 2.64. The van der Waals surface area contributed by atoms with Crippen LogP contribution in [-0.4, -0.2) is 48.7 Å². The Bertz CT molecular complexity index is 1740. The van der Waals surface area contributed by atoms with Crippen LogP contribution >= 0.6 is 0 Å². The van der Waals surface area contributed by atoms with Crippen LogP contribution in [0.2, 0.25) is 0 Å². The van der Waals surface area contributed by atoms with Crippen LogP contribution in [0.4, 0.5) is 15.8 Å². The molecule has 0 saturated heterocycles. The largest absolute Gasteiger partial charge is 0.352 e. The first-order valence-electron chi connectivity index (χ1n) is 14.2. The molecular weight excluding hydrogens is 599 g/mol. The fourth-order valence-electron chi connectivity index (χ4n) is 4.73. The number of benzene rings is 4. The summed E-state index contributed by atoms with van der Waals surface area (Å²) in [6.07, 6.45) is 0.106. The standard InChI is InChI=1S/C33H33FN4O6S/c1-24(2)35-33(40)31(20-25-10-5-3-6-11-25)36(22-26-16-18-27(34)19-17-26)32(39)23-37(28-12-9-13-29(21-28)38(41)42)45(43,44)30-14-7-4-8-15-30/h3-19,21,24,31H,20,22-23H2,1-2H3,(H,35,40)/t31-/m0/s1. The summed E-state index contributed by atoms with van der Waals surface area (Å²) < 4.78 is 42.5. The van der Waals surface area contributed by atoms with Crippen LogP contribution in [0, 0.1) is 15.9 Å². The smallest absolute Gasteiger partial charge is 0.271 e. The summed E-state index contributed by atoms with van der Waals surface area (Å²) in [5.74, 6) is -1.69. The van der Waals surface area contributed by atoms with Gasteiger partial charge in [0.05, 0.1) is 15.5 Å². The van der Waals surface area contributed by atoms with Gasteiger partial charge in [-0.1, -0.05) is 66.7 Å². The molecule has 0 bridgehead atoms. The Morgan fingerprint density at radius 1 is 0.867 bits per heavy atom. The van der Waals surface area contributed by atoms with Crippen molar-refractivity contribution in [2.75, 3.05) is 10.8 Å². The molecule has 0 spiro atoms. The van der Waals surface area contributed by atoms with Gasteiger partial charge in [-0.2, -0.15) is 0 Å². The molecule has 0 saturated carbocycles. The second-order valence-electron chi connectivity index (χ2n) is 10.6. The number of nitrogens with one attached hydrogen (secondary N) is 1. The van der Waals surface area contributed by atoms with Crippen molar-refractivity contribution in [3.8, 4) is 0 Å². The highest BCUT2D eigenvalue weighted by Gasteiger charge is 2.35. The van der Waals surface area contributed by atoms with Crippen LogP contribution in [0.5, 0.6) is 0 Å². The van der Waals surface area contributed by atoms with E-state index < -0.39 is 45.2 Å². The number of carbonyl (C=O) groups excluding carboxylic acids is 2. The Labute approximate surface area is 261 Å². The lowest BCUT2D eigenvalue weighted by Crippen LogP contribution is -2.54. The number of nitrogens with zero attached hydrogens (tertiary/aromatic N) is 3. The van der Waals surface area contributed by atoms with Crippen LogP contribution in [0.1, 0.15) is 25.0 Å². The van der Waals surface area contributed by atoms with Crippen molar-refractivity contribution >= 4 is 33.2 Å². The summed E-state index contributed by atoms with van der Waals surface area (Å²) in [5.41, 5.74) is 0.794. The van der Waals surface area contributed by atoms with E-state index in [1.165, 1.54) is 71.6 Å². The molecule has 4 rings (SSSR count). The van der Waals surface area contributed by atoms with E-state index in [-0.39, 0.29) is 35.3 Å². The summed E-state index contributed by atoms with van der Waals surface area (Å²) in [5, 5.41) is 14.4. The van der Waals surface area contributed by atoms with Gasteiger partial charge in [-0.15, -0.1) is 0 Å². The number of anilines is 1. The van der Waals surface area contributed by atoms with Crippen molar-refractivity contribution in [2.45, 2.75) is 43.8 Å². The predicted molar refractivity (Wildman–Crippen MR) is 168 cm³/mol. The van der Waals surface area contributed by atoms with Crippen LogP contribution in [0.25, 0.3) is 0 Å². The Morgan fingerprint density at radius 2 is 1.49 bits per heavy atom. The maximum atomic E-state index is 14.3. The molecule has 0 heterocycles. The average Bonchev–Trinajstić information content (AvgIpc) is 3.02. The monoisotopic (exact) mass is 632 g/mol. The van der Waals surface area contributed by atoms with E-state index in [4.69, 9.17) is 0 Å². The maximum absolute atomic E-state index is 14.3. The molecule has 1 N–H and O–H groups in total. The summed E-state index contributed by atoms with van der Waals surface area (Å²) in [7, 11) is -4.41. The van der Waals surface area contributed by atoms with Gasteiger partial charge in [-0.25, -0.2) is 12.8 Å². The lowest BCUT2D eigenvalue weighted by Gasteiger charge is -2.34. The zero-order valence-electron chi connectivity index (χ0n) is 24.7. The Balaban J connectivity index is 1.82. The first-order chi connectivity index (χ1) is 21.5. The first kappa shape index (κ1) is 32.8. The van der Waals surface area contributed by atoms with Gasteiger partial charge < -0.3 is 10.2 Å². The highest BCUT2D eigenvalue weighted by molar-refractivity contribution is 7.92. The van der Waals surface area contributed by atoms with Gasteiger partial charge in [0.25, 0.3) is 15.7 Å². The molecule has 0 aliphatic rings. The Kier molecular flexibility index (Phi) is 10.6. The zero-order chi connectivity index (χ0) is 32.6. The van der Waals surface area contributed by atoms with Crippen molar-refractivity contribution in [3.05, 3.63) is 136 Å². The number of nitro groups is 1. The molecule has 0 aliphatic heterocycles. The molecule has 4 aromatic carbocycles. The van der Waals surface area contributed by atoms with E-state index in [1.54, 1.807) is 32.0 Å². The van der Waals surface area contributed by atoms with E-state index in [2.05, 4.69) is 5.32 Å². The minimum absolute atomic E-state index is 0.102. The molecule has 0 radical (unpaired) electrons. The third-order valence-corrected chi connectivity index (χ3v) is 8.69. The average molecular weight is 633 g/mol. The fraction of sp³-hybridized carbons (Fsp3) is 0.212. The maximum Gasteiger partial charge on any atom is 0.271 e. The Morgan fingerprint density at radius 3 is 2.09 bits per heavy atom. The number of amides is 2. The topological polar surface area (TPSA) is 130 Å². The van der Waals surface area contributed by atoms with Gasteiger partial charge in [-0.3, -0.25) is 24.0 Å². The Hall–Kier alpha value is -5.10. The zero-order valence-corrected chi connectivity index (χ0v) is 25.6. The molecular formula is C33H33FN4O6S. The summed E-state index contributed by atoms with van der Waals surface area (Å²) in [4.78, 5) is 40.1. The second-order valence-corrected chi connectivity index (χ2v) is 12.5. The lowest BCUT2D eigenvalue weighted by molar-refractivity contribution is -0.384. The molecule has 4 aromatic rings. The van der Waals surface area contributed by atoms with Gasteiger partial charge in [0.1, 0.15) is 18.4 Å². The second kappa shape index (κ2) is 14.6. The summed E-state index contributed by atoms with van der Waals surface area (Å²) >= 11 is 0. The molecule has 0 aliphatic carbocycles. The molecule has 0 aromatic heterocycles. The SMILES string of the molecule is CC(C)NC(=O)[C@H](Cc1ccccc1)N(Cc1ccc(F)cc1)C(=O)CN(c1cccc([N+](=O)[O-])c1)S(=O)(=O)c1ccccc1. The number of halogens is 1. The van der Waals surface area contributed by atoms with Crippen molar-refractivity contribution in [2.24, 2.45) is 0 Å². The number of non-ortho nitro benzene ring substituents is 1. The molecule has 2 amide bonds. The van der Waals surface area contributed by atoms with Crippen LogP contribution < -0.4 is 9.62 Å². The van der Waals surface area contributed by atoms with Crippen LogP contribution in [0.3, 0.4) is 0 Å². The third kappa shape index (κ3) is 8.51. The highest BCUT2D eigenvalue weighted by Crippen LogP contribution is 2.28. The predicted octanol–water partition coefficient (Wildman–Crippen LogP) is 5.09. The quantitative estimate of drug-likeness (QED) is 0.161. The van der Waals surface area contributed by atoms with Crippen LogP contribution in [-0.2, 0) is 32.6 Å². The van der Waals surface area contributed by atoms with Gasteiger partial charge in [-0.05, 0) is 55.3 Å². The number of hydrogen-bond acceptors (Lipinski definition) is 6. The molecule has 0 unspecified atom stereocenters. The fourth-order valence-corrected chi connectivity index (χ4v) is 6.16. The third-order valence-electron chi connectivity index (χ3n) is 6.91. The summed E-state index contributed by atoms with van der Waals surface area (Å²) in [6, 6.07) is 25.5. The van der Waals surface area contributed by atoms with E-state index in [9.17, 15) is 32.5 Å². The van der Waals surface area contributed by atoms with Crippen molar-refractivity contribution in [1.29, 1.82) is 0 Å². The molecule has 12 heteroatoms. The normalized spacial score (nSPS) is 11.9. The number of hydrogen-bond donors (Lipinski definition) is 1. The molecule has 234 valence electrons. The van der Waals surface area contributed by atoms with Crippen LogP contribution in [0.15, 0.2) is 114 Å². The van der Waals surface area contributed by atoms with E-state index in [1.807, 2.05) is 18.2 Å². The van der Waals surface area contributed by atoms with Crippen molar-refractivity contribution < 1.29 is 27.3 Å². The number of carbonyl (C=O) groups is 2. The van der Waals surface area contributed by atoms with Gasteiger partial charge in [0, 0.05) is 31.1 Å². The van der Waals surface area contributed by atoms with Crippen molar-refractivity contribution in [3.63, 3.8) is 0 Å².